The van der Waals surface area contributed by atoms with Crippen molar-refractivity contribution in [2.75, 3.05) is 13.2 Å². The average Bonchev–Trinajstić information content (AvgIpc) is 2.73. The molecule has 5 nitrogen and oxygen atoms in total. The van der Waals surface area contributed by atoms with Crippen LogP contribution in [0, 0.1) is 0 Å². The molecule has 0 fully saturated rings. The van der Waals surface area contributed by atoms with Gasteiger partial charge in [0.25, 0.3) is 0 Å². The van der Waals surface area contributed by atoms with Gasteiger partial charge < -0.3 is 10.4 Å². The number of amides is 1. The first-order valence-corrected chi connectivity index (χ1v) is 5.59. The lowest BCUT2D eigenvalue weighted by atomic mass is 10.2. The van der Waals surface area contributed by atoms with E-state index in [2.05, 4.69) is 10.4 Å². The largest absolute Gasteiger partial charge is 0.396 e. The molecule has 2 aromatic rings. The monoisotopic (exact) mass is 233 g/mol. The predicted molar refractivity (Wildman–Crippen MR) is 64.4 cm³/mol. The molecule has 0 aliphatic carbocycles. The minimum absolute atomic E-state index is 0.0883. The Morgan fingerprint density at radius 2 is 2.24 bits per heavy atom. The van der Waals surface area contributed by atoms with Crippen molar-refractivity contribution >= 4 is 16.8 Å². The van der Waals surface area contributed by atoms with E-state index in [1.54, 1.807) is 10.9 Å². The molecule has 0 aliphatic heterocycles. The maximum atomic E-state index is 11.6. The summed E-state index contributed by atoms with van der Waals surface area (Å²) in [5, 5.41) is 16.5. The molecule has 2 N–H and O–H groups in total. The topological polar surface area (TPSA) is 67.2 Å². The van der Waals surface area contributed by atoms with Crippen molar-refractivity contribution in [2.24, 2.45) is 0 Å². The number of hydrogen-bond donors (Lipinski definition) is 2. The number of benzene rings is 1. The second kappa shape index (κ2) is 5.45. The predicted octanol–water partition coefficient (Wildman–Crippen LogP) is 0.535. The summed E-state index contributed by atoms with van der Waals surface area (Å²) in [6.07, 6.45) is 2.32. The van der Waals surface area contributed by atoms with E-state index in [0.717, 1.165) is 10.9 Å². The second-order valence-corrected chi connectivity index (χ2v) is 3.79. The first-order chi connectivity index (χ1) is 8.31. The summed E-state index contributed by atoms with van der Waals surface area (Å²) in [7, 11) is 0. The van der Waals surface area contributed by atoms with Crippen molar-refractivity contribution in [1.82, 2.24) is 15.1 Å². The zero-order valence-electron chi connectivity index (χ0n) is 9.47. The number of aromatic nitrogens is 2. The average molecular weight is 233 g/mol. The van der Waals surface area contributed by atoms with Crippen molar-refractivity contribution in [1.29, 1.82) is 0 Å². The Balaban J connectivity index is 2.01. The molecule has 0 bridgehead atoms. The van der Waals surface area contributed by atoms with E-state index < -0.39 is 0 Å². The van der Waals surface area contributed by atoms with E-state index >= 15 is 0 Å². The summed E-state index contributed by atoms with van der Waals surface area (Å²) in [5.41, 5.74) is 0.949. The smallest absolute Gasteiger partial charge is 0.241 e. The summed E-state index contributed by atoms with van der Waals surface area (Å²) < 4.78 is 1.67. The molecular formula is C12H15N3O2. The molecule has 0 spiro atoms. The third kappa shape index (κ3) is 2.82. The van der Waals surface area contributed by atoms with Gasteiger partial charge in [-0.3, -0.25) is 9.48 Å². The Hall–Kier alpha value is -1.88. The second-order valence-electron chi connectivity index (χ2n) is 3.79. The number of fused-ring (bicyclic) bond motifs is 1. The number of nitrogens with zero attached hydrogens (tertiary/aromatic N) is 2. The molecule has 1 aromatic carbocycles. The third-order valence-electron chi connectivity index (χ3n) is 2.50. The van der Waals surface area contributed by atoms with Crippen molar-refractivity contribution in [3.63, 3.8) is 0 Å². The van der Waals surface area contributed by atoms with Gasteiger partial charge in [0.2, 0.25) is 5.91 Å². The number of hydrogen-bond acceptors (Lipinski definition) is 3. The fourth-order valence-corrected chi connectivity index (χ4v) is 1.65. The molecule has 17 heavy (non-hydrogen) atoms. The highest BCUT2D eigenvalue weighted by Crippen LogP contribution is 2.11. The minimum Gasteiger partial charge on any atom is -0.396 e. The van der Waals surface area contributed by atoms with Crippen LogP contribution in [0.4, 0.5) is 0 Å². The van der Waals surface area contributed by atoms with E-state index in [-0.39, 0.29) is 19.1 Å². The Labute approximate surface area is 99.1 Å². The fraction of sp³-hybridized carbons (Fsp3) is 0.333. The summed E-state index contributed by atoms with van der Waals surface area (Å²) in [5.74, 6) is -0.0905. The summed E-state index contributed by atoms with van der Waals surface area (Å²) in [6, 6.07) is 7.76. The highest BCUT2D eigenvalue weighted by atomic mass is 16.3. The SMILES string of the molecule is O=C(Cn1ncc2ccccc21)NCCCO. The number of nitrogens with one attached hydrogen (secondary N) is 1. The van der Waals surface area contributed by atoms with Crippen LogP contribution < -0.4 is 5.32 Å². The number of carbonyl (C=O) groups excluding carboxylic acids is 1. The van der Waals surface area contributed by atoms with Gasteiger partial charge in [-0.15, -0.1) is 0 Å². The first kappa shape index (κ1) is 11.6. The summed E-state index contributed by atoms with van der Waals surface area (Å²) in [6.45, 7) is 0.790. The van der Waals surface area contributed by atoms with Crippen LogP contribution in [-0.4, -0.2) is 33.9 Å². The van der Waals surface area contributed by atoms with E-state index in [1.807, 2.05) is 24.3 Å². The molecule has 0 saturated heterocycles. The maximum absolute atomic E-state index is 11.6. The molecule has 0 unspecified atom stereocenters. The van der Waals surface area contributed by atoms with Crippen LogP contribution in [0.1, 0.15) is 6.42 Å². The molecule has 1 amide bonds. The van der Waals surface area contributed by atoms with E-state index in [9.17, 15) is 4.79 Å². The Kier molecular flexibility index (Phi) is 3.72. The van der Waals surface area contributed by atoms with Gasteiger partial charge in [0.15, 0.2) is 0 Å². The number of aliphatic hydroxyl groups is 1. The lowest BCUT2D eigenvalue weighted by Gasteiger charge is -2.05. The molecular weight excluding hydrogens is 218 g/mol. The molecule has 5 heteroatoms. The van der Waals surface area contributed by atoms with Gasteiger partial charge >= 0.3 is 0 Å². The van der Waals surface area contributed by atoms with Crippen LogP contribution in [0.2, 0.25) is 0 Å². The lowest BCUT2D eigenvalue weighted by molar-refractivity contribution is -0.121. The quantitative estimate of drug-likeness (QED) is 0.740. The standard InChI is InChI=1S/C12H15N3O2/c16-7-3-6-13-12(17)9-15-11-5-2-1-4-10(11)8-14-15/h1-2,4-5,8,16H,3,6-7,9H2,(H,13,17). The number of carbonyl (C=O) groups is 1. The zero-order valence-corrected chi connectivity index (χ0v) is 9.47. The van der Waals surface area contributed by atoms with Crippen LogP contribution in [0.15, 0.2) is 30.5 Å². The number of aliphatic hydroxyl groups excluding tert-OH is 1. The van der Waals surface area contributed by atoms with Crippen molar-refractivity contribution < 1.29 is 9.90 Å². The van der Waals surface area contributed by atoms with E-state index in [4.69, 9.17) is 5.11 Å². The Morgan fingerprint density at radius 3 is 3.06 bits per heavy atom. The highest BCUT2D eigenvalue weighted by molar-refractivity contribution is 5.81. The lowest BCUT2D eigenvalue weighted by Crippen LogP contribution is -2.29. The van der Waals surface area contributed by atoms with Gasteiger partial charge in [0.05, 0.1) is 11.7 Å². The Bertz CT molecular complexity index is 507. The van der Waals surface area contributed by atoms with Gasteiger partial charge in [-0.05, 0) is 12.5 Å². The normalized spacial score (nSPS) is 10.6. The van der Waals surface area contributed by atoms with Crippen LogP contribution in [0.3, 0.4) is 0 Å². The van der Waals surface area contributed by atoms with Crippen LogP contribution in [0.5, 0.6) is 0 Å². The van der Waals surface area contributed by atoms with Crippen LogP contribution in [0.25, 0.3) is 10.9 Å². The van der Waals surface area contributed by atoms with Crippen LogP contribution in [-0.2, 0) is 11.3 Å². The molecule has 1 aromatic heterocycles. The van der Waals surface area contributed by atoms with Crippen LogP contribution >= 0.6 is 0 Å². The fourth-order valence-electron chi connectivity index (χ4n) is 1.65. The molecule has 0 atom stereocenters. The number of rotatable bonds is 5. The molecule has 0 aliphatic rings. The number of para-hydroxylation sites is 1. The van der Waals surface area contributed by atoms with Crippen molar-refractivity contribution in [2.45, 2.75) is 13.0 Å². The first-order valence-electron chi connectivity index (χ1n) is 5.59. The van der Waals surface area contributed by atoms with Gasteiger partial charge in [0, 0.05) is 18.5 Å². The van der Waals surface area contributed by atoms with E-state index in [1.165, 1.54) is 0 Å². The summed E-state index contributed by atoms with van der Waals surface area (Å²) in [4.78, 5) is 11.6. The molecule has 2 rings (SSSR count). The van der Waals surface area contributed by atoms with Crippen molar-refractivity contribution in [3.05, 3.63) is 30.5 Å². The highest BCUT2D eigenvalue weighted by Gasteiger charge is 2.06. The van der Waals surface area contributed by atoms with E-state index in [0.29, 0.717) is 13.0 Å². The van der Waals surface area contributed by atoms with Gasteiger partial charge in [-0.25, -0.2) is 0 Å². The minimum atomic E-state index is -0.0905. The molecule has 90 valence electrons. The third-order valence-corrected chi connectivity index (χ3v) is 2.50. The summed E-state index contributed by atoms with van der Waals surface area (Å²) >= 11 is 0. The Morgan fingerprint density at radius 1 is 1.41 bits per heavy atom. The molecule has 0 radical (unpaired) electrons. The molecule has 0 saturated carbocycles. The van der Waals surface area contributed by atoms with Gasteiger partial charge in [-0.1, -0.05) is 18.2 Å². The maximum Gasteiger partial charge on any atom is 0.241 e. The molecule has 1 heterocycles. The van der Waals surface area contributed by atoms with Crippen molar-refractivity contribution in [3.8, 4) is 0 Å². The van der Waals surface area contributed by atoms with Gasteiger partial charge in [-0.2, -0.15) is 5.10 Å². The van der Waals surface area contributed by atoms with Gasteiger partial charge in [0.1, 0.15) is 6.54 Å². The zero-order chi connectivity index (χ0) is 12.1.